The number of ether oxygens (including phenoxy) is 5. The van der Waals surface area contributed by atoms with Gasteiger partial charge in [0.2, 0.25) is 11.8 Å². The number of methoxy groups -OCH3 is 2. The summed E-state index contributed by atoms with van der Waals surface area (Å²) in [6.07, 6.45) is 1.56. The summed E-state index contributed by atoms with van der Waals surface area (Å²) < 4.78 is 29.0. The number of nitrogens with two attached hydrogens (primary N) is 1. The standard InChI is InChI=1S/C38H56ClN5O10S2/c1-21-12-11-13-28(51-10)38(49)20-27(52-35(48)41-38)22(2)33-37(6,54-33)29(19-31(46)44(8)25-17-24(16-21)18-26(50-9)32(25)39)53-34(47)23(3)43(7)30(45)14-15-36(4,5)55-56-42-40/h11-13,17-18,22-23,27-29,33,42,49H,14-16,19-20,40H2,1-10H3,(H,41,48)/b13-11+,21-12+. The maximum atomic E-state index is 14.2. The van der Waals surface area contributed by atoms with Gasteiger partial charge in [-0.2, -0.15) is 4.83 Å². The van der Waals surface area contributed by atoms with E-state index in [1.54, 1.807) is 52.1 Å². The first kappa shape index (κ1) is 45.7. The van der Waals surface area contributed by atoms with Crippen LogP contribution < -0.4 is 25.6 Å². The van der Waals surface area contributed by atoms with Gasteiger partial charge < -0.3 is 38.6 Å². The highest BCUT2D eigenvalue weighted by Gasteiger charge is 2.64. The molecule has 18 heteroatoms. The number of carbonyl (C=O) groups excluding carboxylic acids is 4. The number of allylic oxidation sites excluding steroid dienone is 3. The number of nitrogens with zero attached hydrogens (tertiary/aromatic N) is 2. The highest BCUT2D eigenvalue weighted by Crippen LogP contribution is 2.49. The molecule has 2 saturated heterocycles. The van der Waals surface area contributed by atoms with E-state index in [-0.39, 0.29) is 34.9 Å². The molecule has 56 heavy (non-hydrogen) atoms. The number of hydrogen-bond donors (Lipinski definition) is 4. The van der Waals surface area contributed by atoms with Crippen LogP contribution in [0.1, 0.15) is 72.8 Å². The monoisotopic (exact) mass is 841 g/mol. The first-order chi connectivity index (χ1) is 26.2. The molecule has 0 aromatic heterocycles. The lowest BCUT2D eigenvalue weighted by Crippen LogP contribution is -2.63. The topological polar surface area (TPSA) is 195 Å². The van der Waals surface area contributed by atoms with Crippen LogP contribution in [0.3, 0.4) is 0 Å². The van der Waals surface area contributed by atoms with Crippen LogP contribution in [-0.4, -0.2) is 109 Å². The number of benzene rings is 1. The molecule has 0 spiro atoms. The lowest BCUT2D eigenvalue weighted by atomic mass is 9.83. The summed E-state index contributed by atoms with van der Waals surface area (Å²) in [5.74, 6) is 3.78. The number of anilines is 1. The second kappa shape index (κ2) is 18.7. The Kier molecular flexibility index (Phi) is 15.3. The normalized spacial score (nSPS) is 30.5. The zero-order chi connectivity index (χ0) is 41.7. The number of esters is 1. The van der Waals surface area contributed by atoms with Crippen LogP contribution >= 0.6 is 33.4 Å². The van der Waals surface area contributed by atoms with Crippen LogP contribution in [-0.2, 0) is 39.8 Å². The van der Waals surface area contributed by atoms with Crippen molar-refractivity contribution in [3.05, 3.63) is 46.5 Å². The van der Waals surface area contributed by atoms with E-state index >= 15 is 0 Å². The summed E-state index contributed by atoms with van der Waals surface area (Å²) in [6, 6.07) is 2.58. The molecule has 1 aromatic rings. The molecule has 15 nitrogen and oxygen atoms in total. The van der Waals surface area contributed by atoms with Gasteiger partial charge in [0.25, 0.3) is 0 Å². The van der Waals surface area contributed by atoms with Crippen molar-refractivity contribution < 1.29 is 48.0 Å². The lowest BCUT2D eigenvalue weighted by molar-refractivity contribution is -0.162. The summed E-state index contributed by atoms with van der Waals surface area (Å²) in [7, 11) is 8.79. The number of hydrogen-bond acceptors (Lipinski definition) is 14. The molecule has 0 aliphatic carbocycles. The average molecular weight is 842 g/mol. The third-order valence-electron chi connectivity index (χ3n) is 10.8. The minimum Gasteiger partial charge on any atom is -0.495 e. The quantitative estimate of drug-likeness (QED) is 0.0591. The van der Waals surface area contributed by atoms with Gasteiger partial charge in [-0.25, -0.2) is 9.59 Å². The van der Waals surface area contributed by atoms with Gasteiger partial charge in [0.15, 0.2) is 5.72 Å². The van der Waals surface area contributed by atoms with E-state index < -0.39 is 65.7 Å². The van der Waals surface area contributed by atoms with E-state index in [1.807, 2.05) is 26.8 Å². The van der Waals surface area contributed by atoms with Gasteiger partial charge in [0.1, 0.15) is 40.7 Å². The van der Waals surface area contributed by atoms with Crippen molar-refractivity contribution in [3.8, 4) is 5.75 Å². The Morgan fingerprint density at radius 2 is 1.98 bits per heavy atom. The zero-order valence-electron chi connectivity index (χ0n) is 33.7. The van der Waals surface area contributed by atoms with Crippen LogP contribution in [0.25, 0.3) is 0 Å². The molecule has 312 valence electrons. The number of rotatable bonds is 11. The van der Waals surface area contributed by atoms with Crippen LogP contribution in [0, 0.1) is 5.92 Å². The molecule has 1 aromatic carbocycles. The first-order valence-electron chi connectivity index (χ1n) is 18.3. The second-order valence-corrected chi connectivity index (χ2v) is 18.5. The van der Waals surface area contributed by atoms with Crippen molar-refractivity contribution in [2.24, 2.45) is 11.8 Å². The minimum absolute atomic E-state index is 0.0572. The fraction of sp³-hybridized carbons (Fsp3) is 0.632. The molecule has 5 N–H and O–H groups in total. The Labute approximate surface area is 342 Å². The molecule has 3 aliphatic rings. The molecule has 8 atom stereocenters. The molecule has 3 amide bonds. The fourth-order valence-electron chi connectivity index (χ4n) is 6.98. The van der Waals surface area contributed by atoms with E-state index in [0.29, 0.717) is 24.3 Å². The van der Waals surface area contributed by atoms with Gasteiger partial charge in [-0.05, 0) is 65.2 Å². The zero-order valence-corrected chi connectivity index (χ0v) is 36.1. The molecule has 3 aliphatic heterocycles. The largest absolute Gasteiger partial charge is 0.495 e. The Hall–Kier alpha value is -3.03. The average Bonchev–Trinajstić information content (AvgIpc) is 3.84. The van der Waals surface area contributed by atoms with Gasteiger partial charge >= 0.3 is 12.1 Å². The van der Waals surface area contributed by atoms with E-state index in [4.69, 9.17) is 41.1 Å². The van der Waals surface area contributed by atoms with Crippen LogP contribution in [0.2, 0.25) is 5.02 Å². The highest BCUT2D eigenvalue weighted by molar-refractivity contribution is 8.76. The third kappa shape index (κ3) is 10.7. The fourth-order valence-corrected chi connectivity index (χ4v) is 8.82. The van der Waals surface area contributed by atoms with Crippen molar-refractivity contribution in [2.75, 3.05) is 33.2 Å². The van der Waals surface area contributed by atoms with Gasteiger partial charge in [-0.15, -0.1) is 0 Å². The lowest BCUT2D eigenvalue weighted by Gasteiger charge is -2.42. The Bertz CT molecular complexity index is 1700. The number of fused-ring (bicyclic) bond motifs is 5. The van der Waals surface area contributed by atoms with Crippen LogP contribution in [0.15, 0.2) is 35.9 Å². The third-order valence-corrected chi connectivity index (χ3v) is 13.9. The molecule has 4 bridgehead atoms. The van der Waals surface area contributed by atoms with E-state index in [1.165, 1.54) is 52.8 Å². The van der Waals surface area contributed by atoms with Crippen molar-refractivity contribution in [1.82, 2.24) is 15.0 Å². The number of likely N-dealkylation sites (N-methyl/N-ethyl adjacent to an activating group) is 1. The van der Waals surface area contributed by atoms with Crippen LogP contribution in [0.4, 0.5) is 10.5 Å². The SMILES string of the molecule is COc1cc2cc(c1Cl)N(C)C(=O)CC(OC(=O)C(C)N(C)C(=O)CCC(C)(C)SSNN)C1(C)OC1C(C)C1CC(O)(NC(=O)O1)C(OC)/C=C/C=C(\C)C2. The van der Waals surface area contributed by atoms with Gasteiger partial charge in [-0.3, -0.25) is 20.7 Å². The number of epoxide rings is 1. The molecular formula is C38H56ClN5O10S2. The smallest absolute Gasteiger partial charge is 0.409 e. The van der Waals surface area contributed by atoms with Gasteiger partial charge in [0.05, 0.1) is 25.3 Å². The minimum atomic E-state index is -1.83. The van der Waals surface area contributed by atoms with E-state index in [2.05, 4.69) is 10.1 Å². The maximum absolute atomic E-state index is 14.2. The summed E-state index contributed by atoms with van der Waals surface area (Å²) in [5, 5.41) is 14.5. The van der Waals surface area contributed by atoms with E-state index in [0.717, 1.165) is 11.1 Å². The summed E-state index contributed by atoms with van der Waals surface area (Å²) >= 11 is 6.78. The predicted molar refractivity (Wildman–Crippen MR) is 217 cm³/mol. The van der Waals surface area contributed by atoms with Crippen molar-refractivity contribution in [3.63, 3.8) is 0 Å². The Balaban J connectivity index is 1.70. The van der Waals surface area contributed by atoms with Crippen molar-refractivity contribution in [1.29, 1.82) is 0 Å². The molecule has 8 unspecified atom stereocenters. The summed E-state index contributed by atoms with van der Waals surface area (Å²) in [5.41, 5.74) is -0.951. The number of aliphatic hydroxyl groups is 1. The van der Waals surface area contributed by atoms with Gasteiger partial charge in [0, 0.05) is 55.7 Å². The number of halogens is 1. The Morgan fingerprint density at radius 1 is 1.29 bits per heavy atom. The molecule has 2 fully saturated rings. The van der Waals surface area contributed by atoms with Gasteiger partial charge in [-0.1, -0.05) is 53.1 Å². The number of amides is 3. The number of nitrogens with one attached hydrogen (secondary N) is 2. The van der Waals surface area contributed by atoms with E-state index in [9.17, 15) is 24.3 Å². The van der Waals surface area contributed by atoms with Crippen molar-refractivity contribution >= 4 is 62.9 Å². The molecule has 3 heterocycles. The predicted octanol–water partition coefficient (Wildman–Crippen LogP) is 4.83. The first-order valence-corrected chi connectivity index (χ1v) is 20.9. The maximum Gasteiger partial charge on any atom is 0.409 e. The molecule has 0 radical (unpaired) electrons. The molecule has 0 saturated carbocycles. The Morgan fingerprint density at radius 3 is 2.62 bits per heavy atom. The summed E-state index contributed by atoms with van der Waals surface area (Å²) in [4.78, 5) is 59.5. The summed E-state index contributed by atoms with van der Waals surface area (Å²) in [6.45, 7) is 11.0. The number of hydrazine groups is 1. The highest BCUT2D eigenvalue weighted by atomic mass is 35.5. The number of alkyl carbamates (subject to hydrolysis) is 1. The number of carbonyl (C=O) groups is 4. The molecular weight excluding hydrogens is 786 g/mol. The molecule has 4 rings (SSSR count). The second-order valence-electron chi connectivity index (χ2n) is 15.4. The van der Waals surface area contributed by atoms with Crippen LogP contribution in [0.5, 0.6) is 5.75 Å². The van der Waals surface area contributed by atoms with Crippen molar-refractivity contribution in [2.45, 2.75) is 120 Å².